The Hall–Kier alpha value is -1.10. The van der Waals surface area contributed by atoms with Gasteiger partial charge in [-0.2, -0.15) is 0 Å². The smallest absolute Gasteiger partial charge is 0.238 e. The van der Waals surface area contributed by atoms with Gasteiger partial charge < -0.3 is 11.1 Å². The molecule has 1 fully saturated rings. The summed E-state index contributed by atoms with van der Waals surface area (Å²) < 4.78 is 0. The molecule has 0 aliphatic carbocycles. The van der Waals surface area contributed by atoms with E-state index in [1.54, 1.807) is 6.07 Å². The van der Waals surface area contributed by atoms with Crippen LogP contribution >= 0.6 is 11.6 Å². The molecule has 1 saturated heterocycles. The Morgan fingerprint density at radius 1 is 1.52 bits per heavy atom. The fourth-order valence-electron chi connectivity index (χ4n) is 2.86. The minimum atomic E-state index is 0.0192. The van der Waals surface area contributed by atoms with Crippen LogP contribution in [0.15, 0.2) is 18.2 Å². The fraction of sp³-hybridized carbons (Fsp3) is 0.562. The number of nitrogens with one attached hydrogen (secondary N) is 1. The first-order valence-electron chi connectivity index (χ1n) is 7.53. The van der Waals surface area contributed by atoms with Crippen molar-refractivity contribution in [2.24, 2.45) is 11.7 Å². The largest absolute Gasteiger partial charge is 0.327 e. The summed E-state index contributed by atoms with van der Waals surface area (Å²) >= 11 is 5.92. The first-order valence-corrected chi connectivity index (χ1v) is 7.91. The maximum atomic E-state index is 12.2. The Morgan fingerprint density at radius 3 is 2.95 bits per heavy atom. The zero-order chi connectivity index (χ0) is 15.4. The van der Waals surface area contributed by atoms with Crippen LogP contribution in [0.5, 0.6) is 0 Å². The van der Waals surface area contributed by atoms with Gasteiger partial charge in [-0.15, -0.1) is 0 Å². The lowest BCUT2D eigenvalue weighted by molar-refractivity contribution is -0.117. The van der Waals surface area contributed by atoms with Crippen molar-refractivity contribution in [3.63, 3.8) is 0 Å². The molecule has 4 nitrogen and oxygen atoms in total. The molecule has 0 saturated carbocycles. The van der Waals surface area contributed by atoms with E-state index < -0.39 is 0 Å². The summed E-state index contributed by atoms with van der Waals surface area (Å²) in [5.41, 5.74) is 7.90. The number of hydrogen-bond donors (Lipinski definition) is 2. The van der Waals surface area contributed by atoms with Crippen LogP contribution in [-0.2, 0) is 4.79 Å². The van der Waals surface area contributed by atoms with E-state index in [1.807, 2.05) is 19.1 Å². The summed E-state index contributed by atoms with van der Waals surface area (Å²) in [6, 6.07) is 5.76. The molecule has 1 aromatic carbocycles. The zero-order valence-electron chi connectivity index (χ0n) is 12.7. The summed E-state index contributed by atoms with van der Waals surface area (Å²) in [6.45, 7) is 6.32. The lowest BCUT2D eigenvalue weighted by Gasteiger charge is -2.36. The van der Waals surface area contributed by atoms with Crippen LogP contribution < -0.4 is 11.1 Å². The molecule has 2 atom stereocenters. The first-order chi connectivity index (χ1) is 9.99. The average molecular weight is 310 g/mol. The molecule has 2 unspecified atom stereocenters. The summed E-state index contributed by atoms with van der Waals surface area (Å²) in [5, 5.41) is 3.64. The highest BCUT2D eigenvalue weighted by Crippen LogP contribution is 2.21. The summed E-state index contributed by atoms with van der Waals surface area (Å²) in [6.07, 6.45) is 2.03. The van der Waals surface area contributed by atoms with Gasteiger partial charge in [-0.1, -0.05) is 24.9 Å². The number of likely N-dealkylation sites (tertiary alicyclic amines) is 1. The van der Waals surface area contributed by atoms with Gasteiger partial charge in [0.2, 0.25) is 5.91 Å². The van der Waals surface area contributed by atoms with E-state index >= 15 is 0 Å². The van der Waals surface area contributed by atoms with E-state index in [9.17, 15) is 4.79 Å². The van der Waals surface area contributed by atoms with Crippen LogP contribution in [-0.4, -0.2) is 36.5 Å². The molecule has 21 heavy (non-hydrogen) atoms. The standard InChI is InChI=1S/C16H24ClN3O/c1-3-12-9-20(7-6-14(12)18)10-16(21)19-15-5-4-13(17)8-11(15)2/h4-5,8,12,14H,3,6-7,9-10,18H2,1-2H3,(H,19,21). The van der Waals surface area contributed by atoms with Crippen LogP contribution in [0, 0.1) is 12.8 Å². The van der Waals surface area contributed by atoms with Crippen molar-refractivity contribution >= 4 is 23.2 Å². The van der Waals surface area contributed by atoms with Crippen molar-refractivity contribution in [2.75, 3.05) is 25.0 Å². The molecular formula is C16H24ClN3O. The highest BCUT2D eigenvalue weighted by molar-refractivity contribution is 6.30. The third kappa shape index (κ3) is 4.43. The molecule has 2 rings (SSSR count). The summed E-state index contributed by atoms with van der Waals surface area (Å²) in [7, 11) is 0. The third-order valence-electron chi connectivity index (χ3n) is 4.23. The fourth-order valence-corrected chi connectivity index (χ4v) is 3.09. The van der Waals surface area contributed by atoms with Gasteiger partial charge in [-0.25, -0.2) is 0 Å². The van der Waals surface area contributed by atoms with Gasteiger partial charge in [0.1, 0.15) is 0 Å². The Labute approximate surface area is 131 Å². The van der Waals surface area contributed by atoms with Crippen molar-refractivity contribution in [3.05, 3.63) is 28.8 Å². The average Bonchev–Trinajstić information content (AvgIpc) is 2.44. The molecule has 0 spiro atoms. The molecule has 0 bridgehead atoms. The highest BCUT2D eigenvalue weighted by atomic mass is 35.5. The Balaban J connectivity index is 1.90. The van der Waals surface area contributed by atoms with Crippen molar-refractivity contribution in [3.8, 4) is 0 Å². The third-order valence-corrected chi connectivity index (χ3v) is 4.47. The summed E-state index contributed by atoms with van der Waals surface area (Å²) in [4.78, 5) is 14.4. The Morgan fingerprint density at radius 2 is 2.29 bits per heavy atom. The first kappa shape index (κ1) is 16.3. The van der Waals surface area contributed by atoms with E-state index in [2.05, 4.69) is 17.1 Å². The number of nitrogens with zero attached hydrogens (tertiary/aromatic N) is 1. The van der Waals surface area contributed by atoms with Gasteiger partial charge in [0.15, 0.2) is 0 Å². The van der Waals surface area contributed by atoms with Crippen molar-refractivity contribution < 1.29 is 4.79 Å². The molecule has 116 valence electrons. The van der Waals surface area contributed by atoms with Gasteiger partial charge >= 0.3 is 0 Å². The van der Waals surface area contributed by atoms with Gasteiger partial charge in [0, 0.05) is 29.8 Å². The maximum Gasteiger partial charge on any atom is 0.238 e. The van der Waals surface area contributed by atoms with E-state index in [0.29, 0.717) is 17.5 Å². The highest BCUT2D eigenvalue weighted by Gasteiger charge is 2.26. The second kappa shape index (κ2) is 7.25. The van der Waals surface area contributed by atoms with Crippen LogP contribution in [0.2, 0.25) is 5.02 Å². The molecule has 1 aromatic rings. The number of carbonyl (C=O) groups excluding carboxylic acids is 1. The van der Waals surface area contributed by atoms with Crippen molar-refractivity contribution in [2.45, 2.75) is 32.7 Å². The second-order valence-corrected chi connectivity index (χ2v) is 6.30. The number of piperidine rings is 1. The SMILES string of the molecule is CCC1CN(CC(=O)Nc2ccc(Cl)cc2C)CCC1N. The number of carbonyl (C=O) groups is 1. The molecule has 5 heteroatoms. The molecule has 1 aliphatic rings. The van der Waals surface area contributed by atoms with Crippen LogP contribution in [0.1, 0.15) is 25.3 Å². The Kier molecular flexibility index (Phi) is 5.62. The van der Waals surface area contributed by atoms with Gasteiger partial charge in [0.05, 0.1) is 6.54 Å². The predicted molar refractivity (Wildman–Crippen MR) is 87.6 cm³/mol. The molecule has 1 amide bonds. The minimum absolute atomic E-state index is 0.0192. The summed E-state index contributed by atoms with van der Waals surface area (Å²) in [5.74, 6) is 0.509. The lowest BCUT2D eigenvalue weighted by Crippen LogP contribution is -2.48. The number of aryl methyl sites for hydroxylation is 1. The normalized spacial score (nSPS) is 23.0. The molecule has 0 radical (unpaired) electrons. The number of halogens is 1. The van der Waals surface area contributed by atoms with Gasteiger partial charge in [0.25, 0.3) is 0 Å². The number of nitrogens with two attached hydrogens (primary N) is 1. The molecular weight excluding hydrogens is 286 g/mol. The molecule has 0 aromatic heterocycles. The number of benzene rings is 1. The topological polar surface area (TPSA) is 58.4 Å². The van der Waals surface area contributed by atoms with E-state index in [4.69, 9.17) is 17.3 Å². The van der Waals surface area contributed by atoms with E-state index in [1.165, 1.54) is 0 Å². The van der Waals surface area contributed by atoms with E-state index in [0.717, 1.165) is 37.2 Å². The van der Waals surface area contributed by atoms with E-state index in [-0.39, 0.29) is 11.9 Å². The monoisotopic (exact) mass is 309 g/mol. The number of rotatable bonds is 4. The van der Waals surface area contributed by atoms with Crippen LogP contribution in [0.4, 0.5) is 5.69 Å². The van der Waals surface area contributed by atoms with Crippen molar-refractivity contribution in [1.29, 1.82) is 0 Å². The van der Waals surface area contributed by atoms with Crippen LogP contribution in [0.25, 0.3) is 0 Å². The van der Waals surface area contributed by atoms with Gasteiger partial charge in [-0.3, -0.25) is 9.69 Å². The quantitative estimate of drug-likeness (QED) is 0.899. The molecule has 3 N–H and O–H groups in total. The minimum Gasteiger partial charge on any atom is -0.327 e. The lowest BCUT2D eigenvalue weighted by atomic mass is 9.91. The second-order valence-electron chi connectivity index (χ2n) is 5.86. The Bertz CT molecular complexity index is 506. The number of amides is 1. The van der Waals surface area contributed by atoms with Gasteiger partial charge in [-0.05, 0) is 43.0 Å². The van der Waals surface area contributed by atoms with Crippen molar-refractivity contribution in [1.82, 2.24) is 4.90 Å². The predicted octanol–water partition coefficient (Wildman–Crippen LogP) is 2.65. The number of anilines is 1. The zero-order valence-corrected chi connectivity index (χ0v) is 13.5. The maximum absolute atomic E-state index is 12.2. The molecule has 1 heterocycles. The number of hydrogen-bond acceptors (Lipinski definition) is 3. The molecule has 1 aliphatic heterocycles. The van der Waals surface area contributed by atoms with Crippen LogP contribution in [0.3, 0.4) is 0 Å².